The van der Waals surface area contributed by atoms with Crippen LogP contribution in [0.15, 0.2) is 6.33 Å². The molecule has 7 nitrogen and oxygen atoms in total. The minimum atomic E-state index is 0.0467. The highest BCUT2D eigenvalue weighted by atomic mass is 16.5. The van der Waals surface area contributed by atoms with Gasteiger partial charge in [-0.15, -0.1) is 0 Å². The molecule has 7 heteroatoms. The molecule has 1 amide bonds. The standard InChI is InChI=1S/C16H23N5O2/c1-10-13(12(3)21-16(20-10)17-9-18-21)6-7-15(22)19-11(2)14-5-4-8-23-14/h9,11,14H,4-8H2,1-3H3,(H,19,22)/t11-,14+/m0/s1. The van der Waals surface area contributed by atoms with Gasteiger partial charge < -0.3 is 10.1 Å². The fourth-order valence-electron chi connectivity index (χ4n) is 3.17. The molecule has 1 aliphatic heterocycles. The summed E-state index contributed by atoms with van der Waals surface area (Å²) in [5.41, 5.74) is 2.95. The van der Waals surface area contributed by atoms with Crippen molar-refractivity contribution >= 4 is 11.7 Å². The lowest BCUT2D eigenvalue weighted by Crippen LogP contribution is -2.40. The minimum Gasteiger partial charge on any atom is -0.376 e. The average molecular weight is 317 g/mol. The van der Waals surface area contributed by atoms with Gasteiger partial charge in [-0.2, -0.15) is 10.1 Å². The van der Waals surface area contributed by atoms with Crippen molar-refractivity contribution in [3.05, 3.63) is 23.3 Å². The molecule has 1 saturated heterocycles. The molecule has 1 fully saturated rings. The zero-order valence-electron chi connectivity index (χ0n) is 13.9. The van der Waals surface area contributed by atoms with Crippen molar-refractivity contribution in [3.63, 3.8) is 0 Å². The van der Waals surface area contributed by atoms with Crippen LogP contribution in [0.5, 0.6) is 0 Å². The van der Waals surface area contributed by atoms with Gasteiger partial charge in [-0.1, -0.05) is 0 Å². The van der Waals surface area contributed by atoms with E-state index in [-0.39, 0.29) is 18.1 Å². The number of hydrogen-bond donors (Lipinski definition) is 1. The second kappa shape index (κ2) is 6.62. The van der Waals surface area contributed by atoms with Crippen molar-refractivity contribution in [1.82, 2.24) is 24.9 Å². The van der Waals surface area contributed by atoms with Gasteiger partial charge in [0.05, 0.1) is 12.1 Å². The minimum absolute atomic E-state index is 0.0467. The molecule has 0 radical (unpaired) electrons. The van der Waals surface area contributed by atoms with E-state index in [1.807, 2.05) is 20.8 Å². The molecular formula is C16H23N5O2. The maximum absolute atomic E-state index is 12.2. The number of hydrogen-bond acceptors (Lipinski definition) is 5. The number of aryl methyl sites for hydroxylation is 2. The number of carbonyl (C=O) groups is 1. The lowest BCUT2D eigenvalue weighted by molar-refractivity contribution is -0.122. The average Bonchev–Trinajstić information content (AvgIpc) is 3.18. The summed E-state index contributed by atoms with van der Waals surface area (Å²) in [7, 11) is 0. The fraction of sp³-hybridized carbons (Fsp3) is 0.625. The van der Waals surface area contributed by atoms with Crippen LogP contribution in [0.1, 0.15) is 43.1 Å². The monoisotopic (exact) mass is 317 g/mol. The smallest absolute Gasteiger partial charge is 0.252 e. The van der Waals surface area contributed by atoms with Crippen LogP contribution in [0.4, 0.5) is 0 Å². The van der Waals surface area contributed by atoms with Gasteiger partial charge in [-0.3, -0.25) is 4.79 Å². The maximum Gasteiger partial charge on any atom is 0.252 e. The summed E-state index contributed by atoms with van der Waals surface area (Å²) in [6.45, 7) is 6.74. The Morgan fingerprint density at radius 3 is 3.09 bits per heavy atom. The topological polar surface area (TPSA) is 81.4 Å². The summed E-state index contributed by atoms with van der Waals surface area (Å²) in [5, 5.41) is 7.22. The van der Waals surface area contributed by atoms with E-state index in [1.54, 1.807) is 4.52 Å². The number of nitrogens with one attached hydrogen (secondary N) is 1. The second-order valence-corrected chi connectivity index (χ2v) is 6.14. The van der Waals surface area contributed by atoms with E-state index in [1.165, 1.54) is 6.33 Å². The van der Waals surface area contributed by atoms with E-state index in [0.717, 1.165) is 36.4 Å². The zero-order chi connectivity index (χ0) is 16.4. The van der Waals surface area contributed by atoms with Crippen molar-refractivity contribution in [2.24, 2.45) is 0 Å². The SMILES string of the molecule is Cc1nc2ncnn2c(C)c1CCC(=O)N[C@@H](C)[C@H]1CCCO1. The van der Waals surface area contributed by atoms with Crippen molar-refractivity contribution in [1.29, 1.82) is 0 Å². The number of aromatic nitrogens is 4. The van der Waals surface area contributed by atoms with Gasteiger partial charge in [-0.05, 0) is 45.6 Å². The highest BCUT2D eigenvalue weighted by Crippen LogP contribution is 2.17. The molecule has 0 spiro atoms. The summed E-state index contributed by atoms with van der Waals surface area (Å²) in [6.07, 6.45) is 4.81. The first kappa shape index (κ1) is 15.9. The summed E-state index contributed by atoms with van der Waals surface area (Å²) >= 11 is 0. The Hall–Kier alpha value is -2.02. The summed E-state index contributed by atoms with van der Waals surface area (Å²) in [6, 6.07) is 0.0584. The molecule has 23 heavy (non-hydrogen) atoms. The number of carbonyl (C=O) groups excluding carboxylic acids is 1. The van der Waals surface area contributed by atoms with Gasteiger partial charge in [0.25, 0.3) is 5.78 Å². The van der Waals surface area contributed by atoms with Gasteiger partial charge in [0.15, 0.2) is 0 Å². The van der Waals surface area contributed by atoms with Crippen molar-refractivity contribution in [2.45, 2.75) is 58.6 Å². The van der Waals surface area contributed by atoms with Crippen molar-refractivity contribution in [2.75, 3.05) is 6.61 Å². The van der Waals surface area contributed by atoms with Crippen LogP contribution in [0.25, 0.3) is 5.78 Å². The normalized spacial score (nSPS) is 19.2. The van der Waals surface area contributed by atoms with Crippen LogP contribution in [0.2, 0.25) is 0 Å². The molecule has 3 heterocycles. The predicted octanol–water partition coefficient (Wildman–Crippen LogP) is 1.36. The van der Waals surface area contributed by atoms with Gasteiger partial charge in [0, 0.05) is 24.4 Å². The Morgan fingerprint density at radius 2 is 2.35 bits per heavy atom. The molecule has 0 aliphatic carbocycles. The third-order valence-electron chi connectivity index (χ3n) is 4.50. The molecule has 1 aliphatic rings. The van der Waals surface area contributed by atoms with E-state index in [4.69, 9.17) is 4.74 Å². The fourth-order valence-corrected chi connectivity index (χ4v) is 3.17. The first-order chi connectivity index (χ1) is 11.1. The van der Waals surface area contributed by atoms with Crippen LogP contribution in [-0.2, 0) is 16.0 Å². The molecule has 2 aromatic rings. The van der Waals surface area contributed by atoms with Crippen LogP contribution < -0.4 is 5.32 Å². The Labute approximate surface area is 135 Å². The molecule has 3 rings (SSSR count). The Morgan fingerprint density at radius 1 is 1.52 bits per heavy atom. The lowest BCUT2D eigenvalue weighted by atomic mass is 10.1. The number of ether oxygens (including phenoxy) is 1. The predicted molar refractivity (Wildman–Crippen MR) is 85.2 cm³/mol. The van der Waals surface area contributed by atoms with E-state index in [9.17, 15) is 4.79 Å². The van der Waals surface area contributed by atoms with Gasteiger partial charge in [0.2, 0.25) is 5.91 Å². The molecule has 2 aromatic heterocycles. The van der Waals surface area contributed by atoms with Crippen LogP contribution in [0.3, 0.4) is 0 Å². The van der Waals surface area contributed by atoms with Crippen LogP contribution in [0, 0.1) is 13.8 Å². The summed E-state index contributed by atoms with van der Waals surface area (Å²) < 4.78 is 7.33. The molecule has 1 N–H and O–H groups in total. The largest absolute Gasteiger partial charge is 0.376 e. The zero-order valence-corrected chi connectivity index (χ0v) is 13.9. The Kier molecular flexibility index (Phi) is 4.56. The molecule has 0 aromatic carbocycles. The third-order valence-corrected chi connectivity index (χ3v) is 4.50. The number of nitrogens with zero attached hydrogens (tertiary/aromatic N) is 4. The van der Waals surface area contributed by atoms with E-state index < -0.39 is 0 Å². The van der Waals surface area contributed by atoms with Gasteiger partial charge in [-0.25, -0.2) is 9.50 Å². The lowest BCUT2D eigenvalue weighted by Gasteiger charge is -2.20. The molecule has 0 saturated carbocycles. The van der Waals surface area contributed by atoms with Crippen LogP contribution in [-0.4, -0.2) is 44.2 Å². The summed E-state index contributed by atoms with van der Waals surface area (Å²) in [4.78, 5) is 20.7. The number of amides is 1. The van der Waals surface area contributed by atoms with Gasteiger partial charge in [0.1, 0.15) is 6.33 Å². The molecule has 0 bridgehead atoms. The maximum atomic E-state index is 12.2. The van der Waals surface area contributed by atoms with E-state index in [0.29, 0.717) is 18.6 Å². The summed E-state index contributed by atoms with van der Waals surface area (Å²) in [5.74, 6) is 0.644. The molecule has 124 valence electrons. The number of fused-ring (bicyclic) bond motifs is 1. The van der Waals surface area contributed by atoms with Crippen molar-refractivity contribution in [3.8, 4) is 0 Å². The molecular weight excluding hydrogens is 294 g/mol. The quantitative estimate of drug-likeness (QED) is 0.900. The van der Waals surface area contributed by atoms with Crippen molar-refractivity contribution < 1.29 is 9.53 Å². The molecule has 0 unspecified atom stereocenters. The molecule has 2 atom stereocenters. The highest BCUT2D eigenvalue weighted by Gasteiger charge is 2.23. The Bertz CT molecular complexity index is 706. The van der Waals surface area contributed by atoms with Crippen LogP contribution >= 0.6 is 0 Å². The Balaban J connectivity index is 1.62. The second-order valence-electron chi connectivity index (χ2n) is 6.14. The van der Waals surface area contributed by atoms with E-state index in [2.05, 4.69) is 20.4 Å². The first-order valence-electron chi connectivity index (χ1n) is 8.13. The highest BCUT2D eigenvalue weighted by molar-refractivity contribution is 5.76. The van der Waals surface area contributed by atoms with E-state index >= 15 is 0 Å². The number of rotatable bonds is 5. The van der Waals surface area contributed by atoms with Gasteiger partial charge >= 0.3 is 0 Å². The first-order valence-corrected chi connectivity index (χ1v) is 8.13. The third kappa shape index (κ3) is 3.34.